The van der Waals surface area contributed by atoms with Gasteiger partial charge in [-0.05, 0) is 43.5 Å². The molecule has 130 valence electrons. The molecule has 1 aromatic carbocycles. The number of esters is 1. The van der Waals surface area contributed by atoms with Crippen LogP contribution in [0.5, 0.6) is 5.75 Å². The summed E-state index contributed by atoms with van der Waals surface area (Å²) in [5.41, 5.74) is 0.410. The summed E-state index contributed by atoms with van der Waals surface area (Å²) >= 11 is 0. The second kappa shape index (κ2) is 8.90. The molecule has 24 heavy (non-hydrogen) atoms. The molecule has 0 aliphatic carbocycles. The molecule has 2 rings (SSSR count). The van der Waals surface area contributed by atoms with Crippen molar-refractivity contribution < 1.29 is 23.9 Å². The lowest BCUT2D eigenvalue weighted by atomic mass is 10.1. The summed E-state index contributed by atoms with van der Waals surface area (Å²) in [7, 11) is 1.54. The predicted molar refractivity (Wildman–Crippen MR) is 86.7 cm³/mol. The molecule has 2 amide bonds. The molecule has 0 spiro atoms. The Morgan fingerprint density at radius 1 is 1.08 bits per heavy atom. The van der Waals surface area contributed by atoms with Gasteiger partial charge in [0, 0.05) is 18.7 Å². The molecule has 0 bridgehead atoms. The monoisotopic (exact) mass is 334 g/mol. The van der Waals surface area contributed by atoms with Crippen LogP contribution >= 0.6 is 0 Å². The molecule has 1 aromatic rings. The minimum Gasteiger partial charge on any atom is -0.497 e. The highest BCUT2D eigenvalue weighted by Gasteiger charge is 2.18. The van der Waals surface area contributed by atoms with Crippen LogP contribution in [-0.2, 0) is 14.3 Å². The van der Waals surface area contributed by atoms with Gasteiger partial charge in [-0.2, -0.15) is 0 Å². The minimum absolute atomic E-state index is 0.190. The first-order chi connectivity index (χ1) is 11.6. The van der Waals surface area contributed by atoms with Gasteiger partial charge < -0.3 is 19.7 Å². The fourth-order valence-corrected chi connectivity index (χ4v) is 2.42. The molecule has 1 aliphatic heterocycles. The predicted octanol–water partition coefficient (Wildman–Crippen LogP) is 0.981. The molecular formula is C17H22N2O5. The summed E-state index contributed by atoms with van der Waals surface area (Å²) in [6.07, 6.45) is 3.09. The molecule has 1 N–H and O–H groups in total. The Bertz CT molecular complexity index is 579. The number of benzene rings is 1. The van der Waals surface area contributed by atoms with E-state index in [1.165, 1.54) is 7.11 Å². The molecule has 1 aliphatic rings. The molecular weight excluding hydrogens is 312 g/mol. The van der Waals surface area contributed by atoms with Gasteiger partial charge in [0.15, 0.2) is 6.61 Å². The number of carbonyl (C=O) groups is 3. The number of piperidine rings is 1. The average molecular weight is 334 g/mol. The Hall–Kier alpha value is -2.57. The number of hydrogen-bond donors (Lipinski definition) is 1. The molecule has 7 nitrogen and oxygen atoms in total. The van der Waals surface area contributed by atoms with E-state index in [4.69, 9.17) is 9.47 Å². The van der Waals surface area contributed by atoms with Crippen molar-refractivity contribution in [1.82, 2.24) is 10.2 Å². The van der Waals surface area contributed by atoms with E-state index in [-0.39, 0.29) is 19.1 Å². The fourth-order valence-electron chi connectivity index (χ4n) is 2.42. The molecule has 0 saturated carbocycles. The summed E-state index contributed by atoms with van der Waals surface area (Å²) in [5.74, 6) is -0.578. The van der Waals surface area contributed by atoms with Crippen LogP contribution in [0.1, 0.15) is 29.6 Å². The van der Waals surface area contributed by atoms with E-state index in [0.29, 0.717) is 24.4 Å². The maximum Gasteiger partial charge on any atom is 0.325 e. The highest BCUT2D eigenvalue weighted by atomic mass is 16.5. The zero-order valence-electron chi connectivity index (χ0n) is 13.7. The van der Waals surface area contributed by atoms with E-state index in [1.807, 2.05) is 0 Å². The molecule has 1 heterocycles. The number of likely N-dealkylation sites (tertiary alicyclic amines) is 1. The van der Waals surface area contributed by atoms with E-state index >= 15 is 0 Å². The lowest BCUT2D eigenvalue weighted by Crippen LogP contribution is -2.39. The Labute approximate surface area is 140 Å². The van der Waals surface area contributed by atoms with Crippen molar-refractivity contribution in [2.75, 3.05) is 33.4 Å². The quantitative estimate of drug-likeness (QED) is 0.784. The number of nitrogens with zero attached hydrogens (tertiary/aromatic N) is 1. The number of carbonyl (C=O) groups excluding carboxylic acids is 3. The van der Waals surface area contributed by atoms with Gasteiger partial charge in [-0.15, -0.1) is 0 Å². The maximum atomic E-state index is 11.9. The second-order valence-electron chi connectivity index (χ2n) is 5.51. The van der Waals surface area contributed by atoms with Crippen LogP contribution in [0.2, 0.25) is 0 Å². The fraction of sp³-hybridized carbons (Fsp3) is 0.471. The third-order valence-electron chi connectivity index (χ3n) is 3.81. The van der Waals surface area contributed by atoms with Crippen LogP contribution in [0, 0.1) is 0 Å². The van der Waals surface area contributed by atoms with Crippen LogP contribution in [0.15, 0.2) is 24.3 Å². The first-order valence-electron chi connectivity index (χ1n) is 7.96. The molecule has 7 heteroatoms. The lowest BCUT2D eigenvalue weighted by Gasteiger charge is -2.26. The Balaban J connectivity index is 1.70. The van der Waals surface area contributed by atoms with Gasteiger partial charge in [-0.3, -0.25) is 14.4 Å². The largest absolute Gasteiger partial charge is 0.497 e. The van der Waals surface area contributed by atoms with Crippen LogP contribution < -0.4 is 10.1 Å². The van der Waals surface area contributed by atoms with Gasteiger partial charge in [0.1, 0.15) is 12.3 Å². The molecule has 0 atom stereocenters. The van der Waals surface area contributed by atoms with Gasteiger partial charge in [0.2, 0.25) is 0 Å². The van der Waals surface area contributed by atoms with Crippen LogP contribution in [0.25, 0.3) is 0 Å². The van der Waals surface area contributed by atoms with Crippen molar-refractivity contribution >= 4 is 17.8 Å². The van der Waals surface area contributed by atoms with E-state index < -0.39 is 11.9 Å². The number of rotatable bonds is 6. The van der Waals surface area contributed by atoms with Gasteiger partial charge in [0.25, 0.3) is 11.8 Å². The Morgan fingerprint density at radius 2 is 1.75 bits per heavy atom. The topological polar surface area (TPSA) is 84.9 Å². The normalized spacial score (nSPS) is 14.0. The summed E-state index contributed by atoms with van der Waals surface area (Å²) in [6.45, 7) is 0.866. The molecule has 1 fully saturated rings. The van der Waals surface area contributed by atoms with Crippen molar-refractivity contribution in [3.05, 3.63) is 29.8 Å². The van der Waals surface area contributed by atoms with Crippen molar-refractivity contribution in [3.63, 3.8) is 0 Å². The highest BCUT2D eigenvalue weighted by molar-refractivity contribution is 5.96. The zero-order valence-corrected chi connectivity index (χ0v) is 13.7. The summed E-state index contributed by atoms with van der Waals surface area (Å²) in [6, 6.07) is 6.51. The molecule has 0 unspecified atom stereocenters. The highest BCUT2D eigenvalue weighted by Crippen LogP contribution is 2.11. The molecule has 1 saturated heterocycles. The Morgan fingerprint density at radius 3 is 2.38 bits per heavy atom. The zero-order chi connectivity index (χ0) is 17.4. The second-order valence-corrected chi connectivity index (χ2v) is 5.51. The van der Waals surface area contributed by atoms with Crippen LogP contribution in [-0.4, -0.2) is 56.0 Å². The van der Waals surface area contributed by atoms with Crippen molar-refractivity contribution in [2.24, 2.45) is 0 Å². The number of hydrogen-bond acceptors (Lipinski definition) is 5. The standard InChI is InChI=1S/C17H22N2O5/c1-23-14-7-5-13(6-8-14)17(22)18-11-16(21)24-12-15(20)19-9-3-2-4-10-19/h5-8H,2-4,9-12H2,1H3,(H,18,22). The summed E-state index contributed by atoms with van der Waals surface area (Å²) in [5, 5.41) is 2.46. The maximum absolute atomic E-state index is 11.9. The van der Waals surface area contributed by atoms with Crippen LogP contribution in [0.3, 0.4) is 0 Å². The van der Waals surface area contributed by atoms with Gasteiger partial charge in [-0.25, -0.2) is 0 Å². The Kier molecular flexibility index (Phi) is 6.60. The third-order valence-corrected chi connectivity index (χ3v) is 3.81. The SMILES string of the molecule is COc1ccc(C(=O)NCC(=O)OCC(=O)N2CCCCC2)cc1. The summed E-state index contributed by atoms with van der Waals surface area (Å²) < 4.78 is 9.92. The van der Waals surface area contributed by atoms with Crippen molar-refractivity contribution in [3.8, 4) is 5.75 Å². The van der Waals surface area contributed by atoms with Crippen LogP contribution in [0.4, 0.5) is 0 Å². The van der Waals surface area contributed by atoms with E-state index in [0.717, 1.165) is 19.3 Å². The molecule has 0 aromatic heterocycles. The third kappa shape index (κ3) is 5.26. The number of ether oxygens (including phenoxy) is 2. The van der Waals surface area contributed by atoms with E-state index in [1.54, 1.807) is 29.2 Å². The average Bonchev–Trinajstić information content (AvgIpc) is 2.64. The van der Waals surface area contributed by atoms with Gasteiger partial charge in [0.05, 0.1) is 7.11 Å². The lowest BCUT2D eigenvalue weighted by molar-refractivity contribution is -0.151. The number of amides is 2. The minimum atomic E-state index is -0.637. The summed E-state index contributed by atoms with van der Waals surface area (Å²) in [4.78, 5) is 37.1. The van der Waals surface area contributed by atoms with E-state index in [9.17, 15) is 14.4 Å². The van der Waals surface area contributed by atoms with Crippen molar-refractivity contribution in [2.45, 2.75) is 19.3 Å². The number of methoxy groups -OCH3 is 1. The van der Waals surface area contributed by atoms with E-state index in [2.05, 4.69) is 5.32 Å². The first kappa shape index (κ1) is 17.8. The number of nitrogens with one attached hydrogen (secondary N) is 1. The first-order valence-corrected chi connectivity index (χ1v) is 7.96. The smallest absolute Gasteiger partial charge is 0.325 e. The van der Waals surface area contributed by atoms with Gasteiger partial charge in [-0.1, -0.05) is 0 Å². The van der Waals surface area contributed by atoms with Crippen molar-refractivity contribution in [1.29, 1.82) is 0 Å². The van der Waals surface area contributed by atoms with Gasteiger partial charge >= 0.3 is 5.97 Å². The molecule has 0 radical (unpaired) electrons.